The second-order valence-corrected chi connectivity index (χ2v) is 4.43. The van der Waals surface area contributed by atoms with E-state index >= 15 is 0 Å². The fourth-order valence-corrected chi connectivity index (χ4v) is 2.44. The van der Waals surface area contributed by atoms with Gasteiger partial charge in [0.15, 0.2) is 0 Å². The van der Waals surface area contributed by atoms with Crippen LogP contribution in [0.15, 0.2) is 24.4 Å². The minimum atomic E-state index is -1.04. The normalized spacial score (nSPS) is 19.5. The van der Waals surface area contributed by atoms with Gasteiger partial charge in [-0.1, -0.05) is 0 Å². The molecule has 1 N–H and O–H groups in total. The molecule has 1 fully saturated rings. The van der Waals surface area contributed by atoms with Crippen LogP contribution in [-0.4, -0.2) is 28.9 Å². The molecule has 1 aromatic heterocycles. The standard InChI is InChI=1S/C13H12FNO3/c14-8-1-2-12-10(5-8)11(13(16)17)6-15(12)9-3-4-18-7-9/h1-2,5-6,9H,3-4,7H2,(H,16,17). The van der Waals surface area contributed by atoms with E-state index in [0.29, 0.717) is 18.6 Å². The lowest BCUT2D eigenvalue weighted by Crippen LogP contribution is -2.07. The zero-order valence-corrected chi connectivity index (χ0v) is 9.60. The van der Waals surface area contributed by atoms with Crippen molar-refractivity contribution in [3.63, 3.8) is 0 Å². The minimum Gasteiger partial charge on any atom is -0.478 e. The maximum Gasteiger partial charge on any atom is 0.337 e. The highest BCUT2D eigenvalue weighted by Gasteiger charge is 2.22. The second kappa shape index (κ2) is 4.10. The van der Waals surface area contributed by atoms with Gasteiger partial charge in [-0.15, -0.1) is 0 Å². The average molecular weight is 249 g/mol. The summed E-state index contributed by atoms with van der Waals surface area (Å²) in [6.07, 6.45) is 2.42. The van der Waals surface area contributed by atoms with E-state index in [0.717, 1.165) is 11.9 Å². The van der Waals surface area contributed by atoms with Gasteiger partial charge < -0.3 is 14.4 Å². The first kappa shape index (κ1) is 11.2. The molecule has 18 heavy (non-hydrogen) atoms. The molecular weight excluding hydrogens is 237 g/mol. The van der Waals surface area contributed by atoms with Crippen LogP contribution >= 0.6 is 0 Å². The van der Waals surface area contributed by atoms with Crippen molar-refractivity contribution in [1.29, 1.82) is 0 Å². The number of carbonyl (C=O) groups is 1. The van der Waals surface area contributed by atoms with Gasteiger partial charge in [0.05, 0.1) is 18.2 Å². The van der Waals surface area contributed by atoms with Gasteiger partial charge in [-0.2, -0.15) is 0 Å². The molecule has 2 aromatic rings. The molecule has 1 aromatic carbocycles. The third-order valence-corrected chi connectivity index (χ3v) is 3.32. The summed E-state index contributed by atoms with van der Waals surface area (Å²) in [6.45, 7) is 1.24. The highest BCUT2D eigenvalue weighted by atomic mass is 19.1. The number of hydrogen-bond donors (Lipinski definition) is 1. The number of fused-ring (bicyclic) bond motifs is 1. The van der Waals surface area contributed by atoms with Crippen LogP contribution in [0.3, 0.4) is 0 Å². The van der Waals surface area contributed by atoms with E-state index in [1.54, 1.807) is 12.3 Å². The Kier molecular flexibility index (Phi) is 2.56. The summed E-state index contributed by atoms with van der Waals surface area (Å²) in [5.41, 5.74) is 0.876. The average Bonchev–Trinajstić information content (AvgIpc) is 2.93. The number of ether oxygens (including phenoxy) is 1. The Balaban J connectivity index is 2.22. The Morgan fingerprint density at radius 3 is 3.00 bits per heavy atom. The predicted octanol–water partition coefficient (Wildman–Crippen LogP) is 2.44. The molecule has 0 spiro atoms. The Morgan fingerprint density at radius 1 is 1.50 bits per heavy atom. The highest BCUT2D eigenvalue weighted by Crippen LogP contribution is 2.29. The molecule has 2 heterocycles. The number of benzene rings is 1. The minimum absolute atomic E-state index is 0.131. The highest BCUT2D eigenvalue weighted by molar-refractivity contribution is 6.03. The zero-order chi connectivity index (χ0) is 12.7. The molecule has 1 unspecified atom stereocenters. The van der Waals surface area contributed by atoms with E-state index in [4.69, 9.17) is 9.84 Å². The number of nitrogens with zero attached hydrogens (tertiary/aromatic N) is 1. The van der Waals surface area contributed by atoms with E-state index in [1.807, 2.05) is 4.57 Å². The molecular formula is C13H12FNO3. The summed E-state index contributed by atoms with van der Waals surface area (Å²) < 4.78 is 20.4. The lowest BCUT2D eigenvalue weighted by Gasteiger charge is -2.11. The van der Waals surface area contributed by atoms with Gasteiger partial charge in [-0.3, -0.25) is 0 Å². The summed E-state index contributed by atoms with van der Waals surface area (Å²) in [5, 5.41) is 9.60. The fraction of sp³-hybridized carbons (Fsp3) is 0.308. The molecule has 1 saturated heterocycles. The summed E-state index contributed by atoms with van der Waals surface area (Å²) in [6, 6.07) is 4.37. The maximum absolute atomic E-state index is 13.2. The Hall–Kier alpha value is -1.88. The van der Waals surface area contributed by atoms with Crippen molar-refractivity contribution in [2.45, 2.75) is 12.5 Å². The first-order chi connectivity index (χ1) is 8.66. The van der Waals surface area contributed by atoms with Crippen molar-refractivity contribution in [1.82, 2.24) is 4.57 Å². The van der Waals surface area contributed by atoms with E-state index < -0.39 is 11.8 Å². The van der Waals surface area contributed by atoms with Crippen LogP contribution in [0.2, 0.25) is 0 Å². The van der Waals surface area contributed by atoms with Crippen LogP contribution in [0.5, 0.6) is 0 Å². The van der Waals surface area contributed by atoms with Crippen LogP contribution in [0.4, 0.5) is 4.39 Å². The van der Waals surface area contributed by atoms with Crippen molar-refractivity contribution >= 4 is 16.9 Å². The molecule has 0 radical (unpaired) electrons. The number of aromatic nitrogens is 1. The molecule has 94 valence electrons. The van der Waals surface area contributed by atoms with Crippen LogP contribution in [0.25, 0.3) is 10.9 Å². The van der Waals surface area contributed by atoms with E-state index in [-0.39, 0.29) is 11.6 Å². The Bertz CT molecular complexity index is 614. The fourth-order valence-electron chi connectivity index (χ4n) is 2.44. The van der Waals surface area contributed by atoms with Crippen molar-refractivity contribution in [2.75, 3.05) is 13.2 Å². The molecule has 0 amide bonds. The number of rotatable bonds is 2. The molecule has 1 aliphatic rings. The van der Waals surface area contributed by atoms with Crippen LogP contribution in [0, 0.1) is 5.82 Å². The largest absolute Gasteiger partial charge is 0.478 e. The predicted molar refractivity (Wildman–Crippen MR) is 63.3 cm³/mol. The van der Waals surface area contributed by atoms with Crippen LogP contribution in [-0.2, 0) is 4.74 Å². The SMILES string of the molecule is O=C(O)c1cn(C2CCOC2)c2ccc(F)cc12. The first-order valence-corrected chi connectivity index (χ1v) is 5.78. The molecule has 1 aliphatic heterocycles. The molecule has 0 aliphatic carbocycles. The van der Waals surface area contributed by atoms with Crippen molar-refractivity contribution in [3.05, 3.63) is 35.8 Å². The maximum atomic E-state index is 13.2. The topological polar surface area (TPSA) is 51.5 Å². The molecule has 5 heteroatoms. The van der Waals surface area contributed by atoms with Gasteiger partial charge in [-0.25, -0.2) is 9.18 Å². The third-order valence-electron chi connectivity index (χ3n) is 3.32. The zero-order valence-electron chi connectivity index (χ0n) is 9.60. The molecule has 1 atom stereocenters. The number of hydrogen-bond acceptors (Lipinski definition) is 2. The van der Waals surface area contributed by atoms with Crippen molar-refractivity contribution < 1.29 is 19.0 Å². The molecule has 0 bridgehead atoms. The van der Waals surface area contributed by atoms with E-state index in [2.05, 4.69) is 0 Å². The van der Waals surface area contributed by atoms with Gasteiger partial charge in [-0.05, 0) is 24.6 Å². The number of halogens is 1. The van der Waals surface area contributed by atoms with E-state index in [9.17, 15) is 9.18 Å². The Labute approximate surface area is 103 Å². The third kappa shape index (κ3) is 1.67. The van der Waals surface area contributed by atoms with Gasteiger partial charge in [0.25, 0.3) is 0 Å². The van der Waals surface area contributed by atoms with E-state index in [1.165, 1.54) is 12.1 Å². The second-order valence-electron chi connectivity index (χ2n) is 4.43. The molecule has 0 saturated carbocycles. The van der Waals surface area contributed by atoms with Crippen LogP contribution in [0.1, 0.15) is 22.8 Å². The lowest BCUT2D eigenvalue weighted by molar-refractivity contribution is 0.0698. The van der Waals surface area contributed by atoms with Crippen molar-refractivity contribution in [3.8, 4) is 0 Å². The Morgan fingerprint density at radius 2 is 2.33 bits per heavy atom. The smallest absolute Gasteiger partial charge is 0.337 e. The summed E-state index contributed by atoms with van der Waals surface area (Å²) in [4.78, 5) is 11.2. The molecule has 3 rings (SSSR count). The number of carboxylic acids is 1. The first-order valence-electron chi connectivity index (χ1n) is 5.78. The number of aromatic carboxylic acids is 1. The summed E-state index contributed by atoms with van der Waals surface area (Å²) >= 11 is 0. The summed E-state index contributed by atoms with van der Waals surface area (Å²) in [7, 11) is 0. The monoisotopic (exact) mass is 249 g/mol. The lowest BCUT2D eigenvalue weighted by atomic mass is 10.2. The van der Waals surface area contributed by atoms with Gasteiger partial charge in [0.1, 0.15) is 5.82 Å². The van der Waals surface area contributed by atoms with Gasteiger partial charge >= 0.3 is 5.97 Å². The summed E-state index contributed by atoms with van der Waals surface area (Å²) in [5.74, 6) is -1.46. The quantitative estimate of drug-likeness (QED) is 0.889. The van der Waals surface area contributed by atoms with Gasteiger partial charge in [0, 0.05) is 23.7 Å². The van der Waals surface area contributed by atoms with Crippen LogP contribution < -0.4 is 0 Å². The number of carboxylic acid groups (broad SMARTS) is 1. The van der Waals surface area contributed by atoms with Gasteiger partial charge in [0.2, 0.25) is 0 Å². The van der Waals surface area contributed by atoms with Crippen molar-refractivity contribution in [2.24, 2.45) is 0 Å². The molecule has 4 nitrogen and oxygen atoms in total.